The number of hydrogen-bond acceptors (Lipinski definition) is 5. The zero-order chi connectivity index (χ0) is 14.3. The number of aliphatic carboxylic acids is 1. The van der Waals surface area contributed by atoms with Crippen molar-refractivity contribution in [2.45, 2.75) is 12.8 Å². The third kappa shape index (κ3) is 5.71. The van der Waals surface area contributed by atoms with E-state index >= 15 is 0 Å². The molecule has 0 amide bonds. The quantitative estimate of drug-likeness (QED) is 0.263. The molecule has 1 rings (SSSR count). The summed E-state index contributed by atoms with van der Waals surface area (Å²) < 4.78 is 0.570. The van der Waals surface area contributed by atoms with Crippen LogP contribution in [0.1, 0.15) is 12.0 Å². The van der Waals surface area contributed by atoms with Crippen LogP contribution >= 0.6 is 15.9 Å². The van der Waals surface area contributed by atoms with Crippen molar-refractivity contribution >= 4 is 27.6 Å². The zero-order valence-corrected chi connectivity index (χ0v) is 11.7. The molecule has 0 aliphatic heterocycles. The van der Waals surface area contributed by atoms with Crippen molar-refractivity contribution in [2.24, 2.45) is 5.16 Å². The molecule has 0 fully saturated rings. The molecule has 104 valence electrons. The summed E-state index contributed by atoms with van der Waals surface area (Å²) in [5.74, 6) is -0.733. The van der Waals surface area contributed by atoms with Gasteiger partial charge in [-0.15, -0.1) is 0 Å². The van der Waals surface area contributed by atoms with Crippen molar-refractivity contribution in [1.29, 1.82) is 0 Å². The van der Waals surface area contributed by atoms with Crippen molar-refractivity contribution in [3.63, 3.8) is 0 Å². The van der Waals surface area contributed by atoms with Gasteiger partial charge in [-0.25, -0.2) is 0 Å². The third-order valence-electron chi connectivity index (χ3n) is 2.41. The van der Waals surface area contributed by atoms with E-state index in [0.717, 1.165) is 5.56 Å². The Labute approximate surface area is 118 Å². The smallest absolute Gasteiger partial charge is 0.304 e. The molecule has 6 nitrogen and oxygen atoms in total. The number of carboxylic acid groups (broad SMARTS) is 1. The summed E-state index contributed by atoms with van der Waals surface area (Å²) in [7, 11) is 0. The number of oxime groups is 1. The first kappa shape index (κ1) is 15.5. The van der Waals surface area contributed by atoms with Gasteiger partial charge in [-0.1, -0.05) is 11.2 Å². The Hall–Kier alpha value is -1.60. The normalized spacial score (nSPS) is 11.5. The molecular formula is C12H15BrN2O4. The number of carboxylic acids is 1. The topological polar surface area (TPSA) is 102 Å². The number of benzene rings is 1. The number of carbonyl (C=O) groups is 1. The average Bonchev–Trinajstić information content (AvgIpc) is 2.37. The highest BCUT2D eigenvalue weighted by Crippen LogP contribution is 2.24. The summed E-state index contributed by atoms with van der Waals surface area (Å²) in [6.45, 7) is 0.621. The standard InChI is InChI=1S/C12H15BrN2O4/c13-10-6-8(1-2-11(10)16)5-9(15-19)7-14-4-3-12(17)18/h1-2,6,14,16,19H,3-5,7H2,(H,17,18). The molecule has 0 atom stereocenters. The lowest BCUT2D eigenvalue weighted by Gasteiger charge is -2.07. The summed E-state index contributed by atoms with van der Waals surface area (Å²) in [4.78, 5) is 10.3. The molecule has 0 spiro atoms. The van der Waals surface area contributed by atoms with Gasteiger partial charge in [-0.3, -0.25) is 4.79 Å². The number of phenolic OH excluding ortho intramolecular Hbond substituents is 1. The summed E-state index contributed by atoms with van der Waals surface area (Å²) >= 11 is 3.20. The number of halogens is 1. The molecule has 0 aromatic heterocycles. The Morgan fingerprint density at radius 3 is 2.74 bits per heavy atom. The fraction of sp³-hybridized carbons (Fsp3) is 0.333. The van der Waals surface area contributed by atoms with Gasteiger partial charge in [-0.2, -0.15) is 0 Å². The second-order valence-corrected chi connectivity index (χ2v) is 4.80. The molecule has 0 heterocycles. The van der Waals surface area contributed by atoms with E-state index in [2.05, 4.69) is 26.4 Å². The molecule has 0 unspecified atom stereocenters. The van der Waals surface area contributed by atoms with E-state index in [1.165, 1.54) is 0 Å². The van der Waals surface area contributed by atoms with Crippen LogP contribution in [0.25, 0.3) is 0 Å². The van der Waals surface area contributed by atoms with Gasteiger partial charge >= 0.3 is 5.97 Å². The molecule has 0 saturated carbocycles. The second kappa shape index (κ2) is 7.75. The van der Waals surface area contributed by atoms with E-state index in [4.69, 9.17) is 10.3 Å². The molecule has 0 aliphatic rings. The maximum atomic E-state index is 10.3. The summed E-state index contributed by atoms with van der Waals surface area (Å²) in [6, 6.07) is 5.01. The van der Waals surface area contributed by atoms with Crippen molar-refractivity contribution in [2.75, 3.05) is 13.1 Å². The number of phenols is 1. The summed E-state index contributed by atoms with van der Waals surface area (Å²) in [5.41, 5.74) is 1.36. The number of hydrogen-bond donors (Lipinski definition) is 4. The average molecular weight is 331 g/mol. The van der Waals surface area contributed by atoms with E-state index in [9.17, 15) is 9.90 Å². The van der Waals surface area contributed by atoms with Crippen LogP contribution in [0.4, 0.5) is 0 Å². The lowest BCUT2D eigenvalue weighted by Crippen LogP contribution is -2.26. The molecule has 0 bridgehead atoms. The third-order valence-corrected chi connectivity index (χ3v) is 3.04. The molecule has 0 radical (unpaired) electrons. The van der Waals surface area contributed by atoms with Crippen molar-refractivity contribution in [1.82, 2.24) is 5.32 Å². The monoisotopic (exact) mass is 330 g/mol. The number of aromatic hydroxyl groups is 1. The Kier molecular flexibility index (Phi) is 6.31. The van der Waals surface area contributed by atoms with Crippen LogP contribution in [0.2, 0.25) is 0 Å². The molecular weight excluding hydrogens is 316 g/mol. The SMILES string of the molecule is O=C(O)CCNCC(Cc1ccc(O)c(Br)c1)=NO. The predicted octanol–water partition coefficient (Wildman–Crippen LogP) is 1.59. The van der Waals surface area contributed by atoms with Crippen LogP contribution in [0.15, 0.2) is 27.8 Å². The van der Waals surface area contributed by atoms with Crippen LogP contribution < -0.4 is 5.32 Å². The van der Waals surface area contributed by atoms with Crippen LogP contribution in [0, 0.1) is 0 Å². The highest BCUT2D eigenvalue weighted by atomic mass is 79.9. The van der Waals surface area contributed by atoms with E-state index in [0.29, 0.717) is 29.7 Å². The highest BCUT2D eigenvalue weighted by Gasteiger charge is 2.05. The first-order valence-corrected chi connectivity index (χ1v) is 6.42. The Morgan fingerprint density at radius 2 is 2.16 bits per heavy atom. The lowest BCUT2D eigenvalue weighted by molar-refractivity contribution is -0.136. The van der Waals surface area contributed by atoms with Crippen molar-refractivity contribution in [3.8, 4) is 5.75 Å². The first-order chi connectivity index (χ1) is 9.02. The zero-order valence-electron chi connectivity index (χ0n) is 10.1. The Balaban J connectivity index is 2.48. The molecule has 0 aliphatic carbocycles. The van der Waals surface area contributed by atoms with Gasteiger partial charge in [0.2, 0.25) is 0 Å². The molecule has 19 heavy (non-hydrogen) atoms. The van der Waals surface area contributed by atoms with Gasteiger partial charge in [0.05, 0.1) is 16.6 Å². The van der Waals surface area contributed by atoms with Crippen molar-refractivity contribution < 1.29 is 20.2 Å². The fourth-order valence-electron chi connectivity index (χ4n) is 1.46. The number of nitrogens with zero attached hydrogens (tertiary/aromatic N) is 1. The van der Waals surface area contributed by atoms with E-state index in [1.807, 2.05) is 0 Å². The second-order valence-electron chi connectivity index (χ2n) is 3.95. The fourth-order valence-corrected chi connectivity index (χ4v) is 1.88. The predicted molar refractivity (Wildman–Crippen MR) is 73.9 cm³/mol. The first-order valence-electron chi connectivity index (χ1n) is 5.62. The molecule has 4 N–H and O–H groups in total. The largest absolute Gasteiger partial charge is 0.507 e. The number of rotatable bonds is 7. The number of nitrogens with one attached hydrogen (secondary N) is 1. The summed E-state index contributed by atoms with van der Waals surface area (Å²) in [6.07, 6.45) is 0.429. The maximum absolute atomic E-state index is 10.3. The van der Waals surface area contributed by atoms with Crippen molar-refractivity contribution in [3.05, 3.63) is 28.2 Å². The Morgan fingerprint density at radius 1 is 1.42 bits per heavy atom. The highest BCUT2D eigenvalue weighted by molar-refractivity contribution is 9.10. The minimum Gasteiger partial charge on any atom is -0.507 e. The van der Waals surface area contributed by atoms with Gasteiger partial charge in [0.1, 0.15) is 5.75 Å². The van der Waals surface area contributed by atoms with Crippen LogP contribution in [0.3, 0.4) is 0 Å². The lowest BCUT2D eigenvalue weighted by atomic mass is 10.1. The van der Waals surface area contributed by atoms with E-state index in [-0.39, 0.29) is 12.2 Å². The molecule has 1 aromatic carbocycles. The maximum Gasteiger partial charge on any atom is 0.304 e. The van der Waals surface area contributed by atoms with Gasteiger partial charge < -0.3 is 20.7 Å². The Bertz CT molecular complexity index is 477. The van der Waals surface area contributed by atoms with Gasteiger partial charge in [0.25, 0.3) is 0 Å². The van der Waals surface area contributed by atoms with Crippen LogP contribution in [-0.4, -0.2) is 40.2 Å². The molecule has 7 heteroatoms. The summed E-state index contributed by atoms with van der Waals surface area (Å²) in [5, 5.41) is 32.8. The molecule has 1 aromatic rings. The van der Waals surface area contributed by atoms with Crippen LogP contribution in [-0.2, 0) is 11.2 Å². The van der Waals surface area contributed by atoms with Gasteiger partial charge in [-0.05, 0) is 33.6 Å². The minimum absolute atomic E-state index is 0.0173. The van der Waals surface area contributed by atoms with E-state index in [1.54, 1.807) is 18.2 Å². The van der Waals surface area contributed by atoms with Crippen LogP contribution in [0.5, 0.6) is 5.75 Å². The molecule has 0 saturated heterocycles. The van der Waals surface area contributed by atoms with Gasteiger partial charge in [0.15, 0.2) is 0 Å². The van der Waals surface area contributed by atoms with E-state index < -0.39 is 5.97 Å². The van der Waals surface area contributed by atoms with Gasteiger partial charge in [0, 0.05) is 19.5 Å². The minimum atomic E-state index is -0.877.